The van der Waals surface area contributed by atoms with E-state index in [-0.39, 0.29) is 25.4 Å². The molecule has 162 valence electrons. The summed E-state index contributed by atoms with van der Waals surface area (Å²) in [5, 5.41) is 14.8. The van der Waals surface area contributed by atoms with Crippen LogP contribution < -0.4 is 16.4 Å². The number of carbonyl (C=O) groups is 3. The van der Waals surface area contributed by atoms with E-state index in [0.717, 1.165) is 5.56 Å². The van der Waals surface area contributed by atoms with Gasteiger partial charge in [-0.2, -0.15) is 0 Å². The van der Waals surface area contributed by atoms with Gasteiger partial charge in [0, 0.05) is 6.42 Å². The maximum atomic E-state index is 12.9. The van der Waals surface area contributed by atoms with Crippen LogP contribution >= 0.6 is 0 Å². The van der Waals surface area contributed by atoms with E-state index in [1.807, 2.05) is 32.0 Å². The van der Waals surface area contributed by atoms with E-state index in [1.54, 1.807) is 12.1 Å². The lowest BCUT2D eigenvalue weighted by atomic mass is 10.0. The zero-order valence-electron chi connectivity index (χ0n) is 16.8. The van der Waals surface area contributed by atoms with Crippen molar-refractivity contribution in [2.45, 2.75) is 57.9 Å². The van der Waals surface area contributed by atoms with E-state index >= 15 is 0 Å². The summed E-state index contributed by atoms with van der Waals surface area (Å²) < 4.78 is 18.0. The van der Waals surface area contributed by atoms with E-state index in [4.69, 9.17) is 10.5 Å². The standard InChI is InChI=1S/C20H30FN3O5/c1-13(2)10-16(24-20(28)29-12-14-6-4-3-5-7-14)19(27)23-15(17(25)11-21)8-9-18(22)26/h3-7,13,15-17,25H,8-12H2,1-2H3,(H2,22,26)(H,23,27)(H,24,28)/t15?,16-,17?/m0/s1. The third kappa shape index (κ3) is 9.89. The van der Waals surface area contributed by atoms with E-state index in [2.05, 4.69) is 10.6 Å². The normalized spacial score (nSPS) is 14.0. The molecule has 0 aromatic heterocycles. The predicted octanol–water partition coefficient (Wildman–Crippen LogP) is 1.41. The Hall–Kier alpha value is -2.68. The van der Waals surface area contributed by atoms with Crippen molar-refractivity contribution < 1.29 is 28.6 Å². The van der Waals surface area contributed by atoms with Gasteiger partial charge in [-0.25, -0.2) is 9.18 Å². The van der Waals surface area contributed by atoms with Gasteiger partial charge in [0.1, 0.15) is 25.4 Å². The number of ether oxygens (including phenoxy) is 1. The van der Waals surface area contributed by atoms with Gasteiger partial charge < -0.3 is 26.2 Å². The van der Waals surface area contributed by atoms with Crippen LogP contribution in [0, 0.1) is 5.92 Å². The lowest BCUT2D eigenvalue weighted by Gasteiger charge is -2.26. The van der Waals surface area contributed by atoms with Crippen LogP contribution in [-0.4, -0.2) is 47.9 Å². The summed E-state index contributed by atoms with van der Waals surface area (Å²) in [7, 11) is 0. The number of hydrogen-bond donors (Lipinski definition) is 4. The largest absolute Gasteiger partial charge is 0.445 e. The first kappa shape index (κ1) is 24.4. The minimum Gasteiger partial charge on any atom is -0.445 e. The van der Waals surface area contributed by atoms with Gasteiger partial charge in [-0.3, -0.25) is 9.59 Å². The van der Waals surface area contributed by atoms with Crippen LogP contribution in [0.3, 0.4) is 0 Å². The van der Waals surface area contributed by atoms with Crippen molar-refractivity contribution in [2.75, 3.05) is 6.67 Å². The Bertz CT molecular complexity index is 657. The smallest absolute Gasteiger partial charge is 0.408 e. The number of halogens is 1. The molecule has 0 saturated carbocycles. The van der Waals surface area contributed by atoms with E-state index in [1.165, 1.54) is 0 Å². The number of rotatable bonds is 12. The molecule has 3 amide bonds. The maximum Gasteiger partial charge on any atom is 0.408 e. The van der Waals surface area contributed by atoms with Crippen LogP contribution in [0.1, 0.15) is 38.7 Å². The summed E-state index contributed by atoms with van der Waals surface area (Å²) in [4.78, 5) is 35.7. The molecule has 8 nitrogen and oxygen atoms in total. The van der Waals surface area contributed by atoms with Gasteiger partial charge in [-0.15, -0.1) is 0 Å². The second-order valence-electron chi connectivity index (χ2n) is 7.23. The molecular formula is C20H30FN3O5. The lowest BCUT2D eigenvalue weighted by molar-refractivity contribution is -0.126. The molecule has 0 aliphatic carbocycles. The van der Waals surface area contributed by atoms with Crippen molar-refractivity contribution in [1.29, 1.82) is 0 Å². The number of alkyl halides is 1. The minimum absolute atomic E-state index is 0.0149. The maximum absolute atomic E-state index is 12.9. The highest BCUT2D eigenvalue weighted by Gasteiger charge is 2.28. The first-order valence-corrected chi connectivity index (χ1v) is 9.52. The predicted molar refractivity (Wildman–Crippen MR) is 105 cm³/mol. The fourth-order valence-corrected chi connectivity index (χ4v) is 2.66. The van der Waals surface area contributed by atoms with Crippen LogP contribution in [0.2, 0.25) is 0 Å². The molecule has 5 N–H and O–H groups in total. The Balaban J connectivity index is 2.71. The fourth-order valence-electron chi connectivity index (χ4n) is 2.66. The fraction of sp³-hybridized carbons (Fsp3) is 0.550. The molecule has 1 rings (SSSR count). The first-order valence-electron chi connectivity index (χ1n) is 9.52. The number of aliphatic hydroxyl groups excluding tert-OH is 1. The molecular weight excluding hydrogens is 381 g/mol. The summed E-state index contributed by atoms with van der Waals surface area (Å²) >= 11 is 0. The Morgan fingerprint density at radius 1 is 1.17 bits per heavy atom. The van der Waals surface area contributed by atoms with Crippen molar-refractivity contribution in [3.8, 4) is 0 Å². The average Bonchev–Trinajstić information content (AvgIpc) is 2.68. The van der Waals surface area contributed by atoms with Gasteiger partial charge in [-0.05, 0) is 24.3 Å². The van der Waals surface area contributed by atoms with Gasteiger partial charge in [0.05, 0.1) is 6.04 Å². The summed E-state index contributed by atoms with van der Waals surface area (Å²) in [6, 6.07) is 7.12. The summed E-state index contributed by atoms with van der Waals surface area (Å²) in [5.41, 5.74) is 5.88. The van der Waals surface area contributed by atoms with Gasteiger partial charge in [0.15, 0.2) is 0 Å². The zero-order chi connectivity index (χ0) is 21.8. The summed E-state index contributed by atoms with van der Waals surface area (Å²) in [5.74, 6) is -1.16. The van der Waals surface area contributed by atoms with Crippen LogP contribution in [0.25, 0.3) is 0 Å². The van der Waals surface area contributed by atoms with Crippen molar-refractivity contribution in [2.24, 2.45) is 11.7 Å². The highest BCUT2D eigenvalue weighted by molar-refractivity contribution is 5.86. The van der Waals surface area contributed by atoms with E-state index in [0.29, 0.717) is 6.42 Å². The van der Waals surface area contributed by atoms with Crippen LogP contribution in [0.4, 0.5) is 9.18 Å². The van der Waals surface area contributed by atoms with E-state index < -0.39 is 42.8 Å². The minimum atomic E-state index is -1.48. The molecule has 0 aliphatic rings. The highest BCUT2D eigenvalue weighted by atomic mass is 19.1. The third-order valence-corrected chi connectivity index (χ3v) is 4.18. The molecule has 0 aliphatic heterocycles. The second kappa shape index (κ2) is 12.7. The molecule has 9 heteroatoms. The molecule has 0 spiro atoms. The van der Waals surface area contributed by atoms with E-state index in [9.17, 15) is 23.9 Å². The summed E-state index contributed by atoms with van der Waals surface area (Å²) in [6.45, 7) is 2.70. The Morgan fingerprint density at radius 3 is 2.38 bits per heavy atom. The molecule has 29 heavy (non-hydrogen) atoms. The third-order valence-electron chi connectivity index (χ3n) is 4.18. The van der Waals surface area contributed by atoms with Crippen molar-refractivity contribution >= 4 is 17.9 Å². The Kier molecular flexibility index (Phi) is 10.7. The van der Waals surface area contributed by atoms with Crippen molar-refractivity contribution in [3.63, 3.8) is 0 Å². The lowest BCUT2D eigenvalue weighted by Crippen LogP contribution is -2.53. The topological polar surface area (TPSA) is 131 Å². The van der Waals surface area contributed by atoms with Gasteiger partial charge in [-0.1, -0.05) is 44.2 Å². The number of nitrogens with one attached hydrogen (secondary N) is 2. The first-order chi connectivity index (χ1) is 13.7. The average molecular weight is 411 g/mol. The molecule has 0 bridgehead atoms. The van der Waals surface area contributed by atoms with Gasteiger partial charge in [0.25, 0.3) is 0 Å². The number of carbonyl (C=O) groups excluding carboxylic acids is 3. The van der Waals surface area contributed by atoms with Gasteiger partial charge >= 0.3 is 6.09 Å². The molecule has 1 aromatic carbocycles. The van der Waals surface area contributed by atoms with Gasteiger partial charge in [0.2, 0.25) is 11.8 Å². The molecule has 2 unspecified atom stereocenters. The molecule has 0 fully saturated rings. The Labute approximate surface area is 170 Å². The molecule has 0 radical (unpaired) electrons. The van der Waals surface area contributed by atoms with Crippen molar-refractivity contribution in [3.05, 3.63) is 35.9 Å². The second-order valence-corrected chi connectivity index (χ2v) is 7.23. The van der Waals surface area contributed by atoms with Crippen molar-refractivity contribution in [1.82, 2.24) is 10.6 Å². The Morgan fingerprint density at radius 2 is 1.83 bits per heavy atom. The quantitative estimate of drug-likeness (QED) is 0.413. The highest BCUT2D eigenvalue weighted by Crippen LogP contribution is 2.09. The number of amides is 3. The number of nitrogens with two attached hydrogens (primary N) is 1. The molecule has 0 heterocycles. The molecule has 0 saturated heterocycles. The zero-order valence-corrected chi connectivity index (χ0v) is 16.8. The molecule has 3 atom stereocenters. The molecule has 1 aromatic rings. The number of alkyl carbamates (subject to hydrolysis) is 1. The van der Waals surface area contributed by atoms with Crippen LogP contribution in [0.15, 0.2) is 30.3 Å². The summed E-state index contributed by atoms with van der Waals surface area (Å²) in [6.07, 6.45) is -2.08. The van der Waals surface area contributed by atoms with Crippen LogP contribution in [0.5, 0.6) is 0 Å². The van der Waals surface area contributed by atoms with Crippen LogP contribution in [-0.2, 0) is 20.9 Å². The number of aliphatic hydroxyl groups is 1. The number of hydrogen-bond acceptors (Lipinski definition) is 5. The SMILES string of the molecule is CC(C)C[C@H](NC(=O)OCc1ccccc1)C(=O)NC(CCC(N)=O)C(O)CF. The monoisotopic (exact) mass is 411 g/mol. The number of benzene rings is 1. The number of primary amides is 1.